The zero-order chi connectivity index (χ0) is 16.3. The van der Waals surface area contributed by atoms with E-state index in [1.54, 1.807) is 0 Å². The summed E-state index contributed by atoms with van der Waals surface area (Å²) in [5, 5.41) is 9.44. The van der Waals surface area contributed by atoms with Crippen LogP contribution >= 0.6 is 0 Å². The molecule has 1 unspecified atom stereocenters. The van der Waals surface area contributed by atoms with Gasteiger partial charge in [-0.2, -0.15) is 0 Å². The summed E-state index contributed by atoms with van der Waals surface area (Å²) >= 11 is 0. The molecule has 2 rings (SSSR count). The van der Waals surface area contributed by atoms with Gasteiger partial charge in [0, 0.05) is 19.4 Å². The second kappa shape index (κ2) is 6.51. The SMILES string of the molecule is CC(C)(C)CCCC(=O)N1Cc2ccccc2CC1C(=O)O. The smallest absolute Gasteiger partial charge is 0.326 e. The van der Waals surface area contributed by atoms with Crippen LogP contribution in [0.15, 0.2) is 24.3 Å². The molecule has 120 valence electrons. The van der Waals surface area contributed by atoms with Crippen molar-refractivity contribution in [2.45, 2.75) is 59.0 Å². The second-order valence-electron chi connectivity index (χ2n) is 7.26. The molecule has 22 heavy (non-hydrogen) atoms. The maximum Gasteiger partial charge on any atom is 0.326 e. The van der Waals surface area contributed by atoms with Crippen LogP contribution in [0.1, 0.15) is 51.2 Å². The lowest BCUT2D eigenvalue weighted by Gasteiger charge is -2.34. The molecular weight excluding hydrogens is 278 g/mol. The summed E-state index contributed by atoms with van der Waals surface area (Å²) in [6.45, 7) is 6.85. The van der Waals surface area contributed by atoms with Crippen molar-refractivity contribution in [3.8, 4) is 0 Å². The Hall–Kier alpha value is -1.84. The van der Waals surface area contributed by atoms with Gasteiger partial charge in [0.2, 0.25) is 5.91 Å². The normalized spacial score (nSPS) is 18.0. The van der Waals surface area contributed by atoms with E-state index in [1.165, 1.54) is 4.90 Å². The monoisotopic (exact) mass is 303 g/mol. The summed E-state index contributed by atoms with van der Waals surface area (Å²) in [5.41, 5.74) is 2.29. The average molecular weight is 303 g/mol. The van der Waals surface area contributed by atoms with Crippen LogP contribution in [0.5, 0.6) is 0 Å². The molecule has 0 aromatic heterocycles. The molecule has 1 N–H and O–H groups in total. The minimum atomic E-state index is -0.918. The van der Waals surface area contributed by atoms with Crippen LogP contribution in [0.3, 0.4) is 0 Å². The zero-order valence-corrected chi connectivity index (χ0v) is 13.6. The fraction of sp³-hybridized carbons (Fsp3) is 0.556. The van der Waals surface area contributed by atoms with Gasteiger partial charge >= 0.3 is 5.97 Å². The molecule has 0 bridgehead atoms. The van der Waals surface area contributed by atoms with Crippen molar-refractivity contribution in [2.75, 3.05) is 0 Å². The van der Waals surface area contributed by atoms with E-state index in [4.69, 9.17) is 0 Å². The number of carboxylic acids is 1. The minimum Gasteiger partial charge on any atom is -0.480 e. The Morgan fingerprint density at radius 2 is 1.86 bits per heavy atom. The quantitative estimate of drug-likeness (QED) is 0.929. The Morgan fingerprint density at radius 3 is 2.45 bits per heavy atom. The molecule has 0 aliphatic carbocycles. The van der Waals surface area contributed by atoms with E-state index >= 15 is 0 Å². The van der Waals surface area contributed by atoms with E-state index in [-0.39, 0.29) is 11.3 Å². The Kier molecular flexibility index (Phi) is 4.89. The molecule has 1 heterocycles. The van der Waals surface area contributed by atoms with Gasteiger partial charge in [-0.15, -0.1) is 0 Å². The standard InChI is InChI=1S/C18H25NO3/c1-18(2,3)10-6-9-16(20)19-12-14-8-5-4-7-13(14)11-15(19)17(21)22/h4-5,7-8,15H,6,9-12H2,1-3H3,(H,21,22). The molecule has 0 fully saturated rings. The average Bonchev–Trinajstić information content (AvgIpc) is 2.44. The van der Waals surface area contributed by atoms with Crippen molar-refractivity contribution in [3.05, 3.63) is 35.4 Å². The van der Waals surface area contributed by atoms with Crippen LogP contribution in [-0.2, 0) is 22.6 Å². The van der Waals surface area contributed by atoms with Gasteiger partial charge in [-0.05, 0) is 29.4 Å². The van der Waals surface area contributed by atoms with E-state index in [1.807, 2.05) is 24.3 Å². The lowest BCUT2D eigenvalue weighted by molar-refractivity contribution is -0.151. The van der Waals surface area contributed by atoms with Crippen LogP contribution in [0.4, 0.5) is 0 Å². The fourth-order valence-corrected chi connectivity index (χ4v) is 2.92. The van der Waals surface area contributed by atoms with Gasteiger partial charge in [0.1, 0.15) is 6.04 Å². The third-order valence-electron chi connectivity index (χ3n) is 4.17. The summed E-state index contributed by atoms with van der Waals surface area (Å²) in [6, 6.07) is 7.04. The summed E-state index contributed by atoms with van der Waals surface area (Å²) in [4.78, 5) is 25.5. The highest BCUT2D eigenvalue weighted by Crippen LogP contribution is 2.26. The number of fused-ring (bicyclic) bond motifs is 1. The number of amides is 1. The molecule has 0 spiro atoms. The summed E-state index contributed by atoms with van der Waals surface area (Å²) < 4.78 is 0. The lowest BCUT2D eigenvalue weighted by Crippen LogP contribution is -2.48. The summed E-state index contributed by atoms with van der Waals surface area (Å²) in [5.74, 6) is -0.968. The van der Waals surface area contributed by atoms with Crippen molar-refractivity contribution in [1.82, 2.24) is 4.90 Å². The van der Waals surface area contributed by atoms with Crippen molar-refractivity contribution in [1.29, 1.82) is 0 Å². The molecule has 0 saturated heterocycles. The van der Waals surface area contributed by atoms with E-state index < -0.39 is 12.0 Å². The highest BCUT2D eigenvalue weighted by molar-refractivity contribution is 5.84. The predicted octanol–water partition coefficient (Wildman–Crippen LogP) is 3.24. The first-order valence-corrected chi connectivity index (χ1v) is 7.87. The third kappa shape index (κ3) is 4.09. The molecule has 1 aliphatic rings. The Bertz CT molecular complexity index is 560. The molecule has 1 atom stereocenters. The van der Waals surface area contributed by atoms with E-state index in [0.717, 1.165) is 24.0 Å². The van der Waals surface area contributed by atoms with Crippen LogP contribution in [0.25, 0.3) is 0 Å². The molecule has 0 saturated carbocycles. The van der Waals surface area contributed by atoms with Gasteiger partial charge in [0.15, 0.2) is 0 Å². The van der Waals surface area contributed by atoms with Crippen LogP contribution < -0.4 is 0 Å². The highest BCUT2D eigenvalue weighted by Gasteiger charge is 2.34. The van der Waals surface area contributed by atoms with E-state index in [0.29, 0.717) is 19.4 Å². The zero-order valence-electron chi connectivity index (χ0n) is 13.6. The summed E-state index contributed by atoms with van der Waals surface area (Å²) in [6.07, 6.45) is 2.58. The van der Waals surface area contributed by atoms with Crippen LogP contribution in [0.2, 0.25) is 0 Å². The van der Waals surface area contributed by atoms with Crippen molar-refractivity contribution >= 4 is 11.9 Å². The second-order valence-corrected chi connectivity index (χ2v) is 7.26. The summed E-state index contributed by atoms with van der Waals surface area (Å²) in [7, 11) is 0. The van der Waals surface area contributed by atoms with E-state index in [2.05, 4.69) is 20.8 Å². The van der Waals surface area contributed by atoms with E-state index in [9.17, 15) is 14.7 Å². The van der Waals surface area contributed by atoms with Gasteiger partial charge in [-0.25, -0.2) is 4.79 Å². The molecular formula is C18H25NO3. The first-order valence-electron chi connectivity index (χ1n) is 7.87. The topological polar surface area (TPSA) is 57.6 Å². The largest absolute Gasteiger partial charge is 0.480 e. The Balaban J connectivity index is 2.07. The molecule has 1 amide bonds. The van der Waals surface area contributed by atoms with Gasteiger partial charge in [-0.3, -0.25) is 4.79 Å². The third-order valence-corrected chi connectivity index (χ3v) is 4.17. The van der Waals surface area contributed by atoms with Gasteiger partial charge < -0.3 is 10.0 Å². The number of rotatable bonds is 4. The first-order chi connectivity index (χ1) is 10.3. The maximum atomic E-state index is 12.5. The Morgan fingerprint density at radius 1 is 1.23 bits per heavy atom. The predicted molar refractivity (Wildman–Crippen MR) is 85.4 cm³/mol. The number of hydrogen-bond donors (Lipinski definition) is 1. The molecule has 1 aromatic rings. The molecule has 1 aliphatic heterocycles. The minimum absolute atomic E-state index is 0.0499. The lowest BCUT2D eigenvalue weighted by atomic mass is 9.89. The highest BCUT2D eigenvalue weighted by atomic mass is 16.4. The number of carbonyl (C=O) groups is 2. The van der Waals surface area contributed by atoms with Gasteiger partial charge in [0.05, 0.1) is 0 Å². The van der Waals surface area contributed by atoms with Crippen molar-refractivity contribution in [2.24, 2.45) is 5.41 Å². The number of nitrogens with zero attached hydrogens (tertiary/aromatic N) is 1. The molecule has 0 radical (unpaired) electrons. The van der Waals surface area contributed by atoms with Crippen LogP contribution in [0, 0.1) is 5.41 Å². The van der Waals surface area contributed by atoms with Crippen molar-refractivity contribution in [3.63, 3.8) is 0 Å². The van der Waals surface area contributed by atoms with Gasteiger partial charge in [0.25, 0.3) is 0 Å². The Labute approximate surface area is 132 Å². The van der Waals surface area contributed by atoms with Gasteiger partial charge in [-0.1, -0.05) is 45.0 Å². The first kappa shape index (κ1) is 16.5. The van der Waals surface area contributed by atoms with Crippen LogP contribution in [-0.4, -0.2) is 27.9 Å². The number of benzene rings is 1. The number of carboxylic acid groups (broad SMARTS) is 1. The number of carbonyl (C=O) groups excluding carboxylic acids is 1. The maximum absolute atomic E-state index is 12.5. The molecule has 1 aromatic carbocycles. The fourth-order valence-electron chi connectivity index (χ4n) is 2.92. The van der Waals surface area contributed by atoms with Crippen molar-refractivity contribution < 1.29 is 14.7 Å². The molecule has 4 nitrogen and oxygen atoms in total. The molecule has 4 heteroatoms. The number of hydrogen-bond acceptors (Lipinski definition) is 2. The number of aliphatic carboxylic acids is 1.